The number of nitrogens with zero attached hydrogens (tertiary/aromatic N) is 1. The summed E-state index contributed by atoms with van der Waals surface area (Å²) < 4.78 is 5.70. The van der Waals surface area contributed by atoms with Gasteiger partial charge in [-0.2, -0.15) is 0 Å². The molecule has 1 aromatic rings. The fourth-order valence-electron chi connectivity index (χ4n) is 2.37. The molecule has 4 heteroatoms. The summed E-state index contributed by atoms with van der Waals surface area (Å²) in [6.45, 7) is 5.75. The standard InChI is InChI=1S/C13H18ClNO2/c1-9-6-15(7-10(2)17-9)13-5-3-4-12(14)11(13)8-16/h3-5,9-10,16H,6-8H2,1-2H3. The molecule has 2 unspecified atom stereocenters. The summed E-state index contributed by atoms with van der Waals surface area (Å²) in [5, 5.41) is 10.0. The van der Waals surface area contributed by atoms with Gasteiger partial charge in [0.15, 0.2) is 0 Å². The van der Waals surface area contributed by atoms with E-state index < -0.39 is 0 Å². The Morgan fingerprint density at radius 3 is 2.59 bits per heavy atom. The van der Waals surface area contributed by atoms with Crippen molar-refractivity contribution in [3.63, 3.8) is 0 Å². The highest BCUT2D eigenvalue weighted by atomic mass is 35.5. The lowest BCUT2D eigenvalue weighted by Gasteiger charge is -2.37. The molecular formula is C13H18ClNO2. The first-order valence-corrected chi connectivity index (χ1v) is 6.28. The van der Waals surface area contributed by atoms with Crippen molar-refractivity contribution >= 4 is 17.3 Å². The molecule has 1 heterocycles. The Labute approximate surface area is 107 Å². The van der Waals surface area contributed by atoms with Crippen LogP contribution < -0.4 is 4.90 Å². The number of halogens is 1. The largest absolute Gasteiger partial charge is 0.392 e. The Bertz CT molecular complexity index is 387. The summed E-state index contributed by atoms with van der Waals surface area (Å²) >= 11 is 6.10. The average molecular weight is 256 g/mol. The Balaban J connectivity index is 2.30. The summed E-state index contributed by atoms with van der Waals surface area (Å²) in [7, 11) is 0. The first kappa shape index (κ1) is 12.7. The minimum atomic E-state index is -0.0326. The molecule has 1 N–H and O–H groups in total. The summed E-state index contributed by atoms with van der Waals surface area (Å²) in [5.74, 6) is 0. The molecule has 1 fully saturated rings. The van der Waals surface area contributed by atoms with Crippen LogP contribution in [-0.2, 0) is 11.3 Å². The lowest BCUT2D eigenvalue weighted by atomic mass is 10.1. The van der Waals surface area contributed by atoms with Crippen LogP contribution in [0.2, 0.25) is 5.02 Å². The highest BCUT2D eigenvalue weighted by molar-refractivity contribution is 6.31. The highest BCUT2D eigenvalue weighted by Gasteiger charge is 2.24. The quantitative estimate of drug-likeness (QED) is 0.881. The zero-order chi connectivity index (χ0) is 12.4. The number of benzene rings is 1. The molecule has 0 bridgehead atoms. The van der Waals surface area contributed by atoms with Gasteiger partial charge in [-0.15, -0.1) is 0 Å². The monoisotopic (exact) mass is 255 g/mol. The average Bonchev–Trinajstić information content (AvgIpc) is 2.27. The zero-order valence-electron chi connectivity index (χ0n) is 10.2. The van der Waals surface area contributed by atoms with Crippen molar-refractivity contribution in [3.8, 4) is 0 Å². The van der Waals surface area contributed by atoms with E-state index in [1.165, 1.54) is 0 Å². The third-order valence-corrected chi connectivity index (χ3v) is 3.37. The molecule has 2 rings (SSSR count). The van der Waals surface area contributed by atoms with E-state index in [1.54, 1.807) is 0 Å². The minimum Gasteiger partial charge on any atom is -0.392 e. The van der Waals surface area contributed by atoms with Gasteiger partial charge in [-0.1, -0.05) is 17.7 Å². The number of ether oxygens (including phenoxy) is 1. The van der Waals surface area contributed by atoms with Crippen LogP contribution in [0.1, 0.15) is 19.4 Å². The summed E-state index contributed by atoms with van der Waals surface area (Å²) in [4.78, 5) is 2.23. The van der Waals surface area contributed by atoms with Crippen LogP contribution in [0.5, 0.6) is 0 Å². The van der Waals surface area contributed by atoms with Crippen LogP contribution in [0.25, 0.3) is 0 Å². The fourth-order valence-corrected chi connectivity index (χ4v) is 2.60. The van der Waals surface area contributed by atoms with Crippen molar-refractivity contribution in [3.05, 3.63) is 28.8 Å². The number of anilines is 1. The van der Waals surface area contributed by atoms with Crippen molar-refractivity contribution in [1.29, 1.82) is 0 Å². The van der Waals surface area contributed by atoms with Crippen molar-refractivity contribution in [1.82, 2.24) is 0 Å². The van der Waals surface area contributed by atoms with E-state index in [1.807, 2.05) is 18.2 Å². The van der Waals surface area contributed by atoms with Crippen LogP contribution in [-0.4, -0.2) is 30.4 Å². The number of aliphatic hydroxyl groups is 1. The van der Waals surface area contributed by atoms with Gasteiger partial charge in [0.2, 0.25) is 0 Å². The topological polar surface area (TPSA) is 32.7 Å². The third kappa shape index (κ3) is 2.73. The van der Waals surface area contributed by atoms with Gasteiger partial charge in [0.05, 0.1) is 18.8 Å². The van der Waals surface area contributed by atoms with E-state index in [-0.39, 0.29) is 18.8 Å². The number of aliphatic hydroxyl groups excluding tert-OH is 1. The molecule has 1 aliphatic rings. The van der Waals surface area contributed by atoms with Crippen LogP contribution >= 0.6 is 11.6 Å². The maximum absolute atomic E-state index is 9.42. The van der Waals surface area contributed by atoms with E-state index in [0.717, 1.165) is 24.3 Å². The Hall–Kier alpha value is -0.770. The molecule has 0 aromatic heterocycles. The summed E-state index contributed by atoms with van der Waals surface area (Å²) in [5.41, 5.74) is 1.82. The number of hydrogen-bond donors (Lipinski definition) is 1. The highest BCUT2D eigenvalue weighted by Crippen LogP contribution is 2.29. The molecular weight excluding hydrogens is 238 g/mol. The third-order valence-electron chi connectivity index (χ3n) is 3.01. The molecule has 1 aromatic carbocycles. The SMILES string of the molecule is CC1CN(c2cccc(Cl)c2CO)CC(C)O1. The molecule has 17 heavy (non-hydrogen) atoms. The molecule has 2 atom stereocenters. The first-order chi connectivity index (χ1) is 8.11. The van der Waals surface area contributed by atoms with Crippen LogP contribution in [0, 0.1) is 0 Å². The smallest absolute Gasteiger partial charge is 0.0726 e. The lowest BCUT2D eigenvalue weighted by Crippen LogP contribution is -2.45. The molecule has 0 radical (unpaired) electrons. The second-order valence-electron chi connectivity index (χ2n) is 4.56. The van der Waals surface area contributed by atoms with E-state index >= 15 is 0 Å². The molecule has 94 valence electrons. The maximum atomic E-state index is 9.42. The van der Waals surface area contributed by atoms with Crippen LogP contribution in [0.3, 0.4) is 0 Å². The Morgan fingerprint density at radius 1 is 1.35 bits per heavy atom. The predicted molar refractivity (Wildman–Crippen MR) is 69.6 cm³/mol. The molecule has 0 aliphatic carbocycles. The van der Waals surface area contributed by atoms with Crippen molar-refractivity contribution in [2.45, 2.75) is 32.7 Å². The molecule has 0 amide bonds. The maximum Gasteiger partial charge on any atom is 0.0726 e. The van der Waals surface area contributed by atoms with Gasteiger partial charge < -0.3 is 14.7 Å². The second kappa shape index (κ2) is 5.25. The second-order valence-corrected chi connectivity index (χ2v) is 4.97. The molecule has 1 aliphatic heterocycles. The van der Waals surface area contributed by atoms with Gasteiger partial charge in [-0.3, -0.25) is 0 Å². The van der Waals surface area contributed by atoms with Crippen LogP contribution in [0.4, 0.5) is 5.69 Å². The molecule has 3 nitrogen and oxygen atoms in total. The Kier molecular flexibility index (Phi) is 3.92. The summed E-state index contributed by atoms with van der Waals surface area (Å²) in [6.07, 6.45) is 0.397. The number of rotatable bonds is 2. The normalized spacial score (nSPS) is 25.1. The van der Waals surface area contributed by atoms with Gasteiger partial charge >= 0.3 is 0 Å². The molecule has 1 saturated heterocycles. The van der Waals surface area contributed by atoms with Crippen molar-refractivity contribution in [2.24, 2.45) is 0 Å². The fraction of sp³-hybridized carbons (Fsp3) is 0.538. The van der Waals surface area contributed by atoms with E-state index in [2.05, 4.69) is 18.7 Å². The van der Waals surface area contributed by atoms with Gasteiger partial charge in [-0.25, -0.2) is 0 Å². The zero-order valence-corrected chi connectivity index (χ0v) is 10.9. The van der Waals surface area contributed by atoms with Crippen LogP contribution in [0.15, 0.2) is 18.2 Å². The first-order valence-electron chi connectivity index (χ1n) is 5.90. The molecule has 0 saturated carbocycles. The van der Waals surface area contributed by atoms with Gasteiger partial charge in [-0.05, 0) is 26.0 Å². The predicted octanol–water partition coefficient (Wildman–Crippen LogP) is 2.45. The molecule has 0 spiro atoms. The van der Waals surface area contributed by atoms with E-state index in [0.29, 0.717) is 5.02 Å². The Morgan fingerprint density at radius 2 is 2.00 bits per heavy atom. The van der Waals surface area contributed by atoms with Crippen molar-refractivity contribution in [2.75, 3.05) is 18.0 Å². The van der Waals surface area contributed by atoms with Crippen molar-refractivity contribution < 1.29 is 9.84 Å². The van der Waals surface area contributed by atoms with Gasteiger partial charge in [0.1, 0.15) is 0 Å². The minimum absolute atomic E-state index is 0.0326. The van der Waals surface area contributed by atoms with E-state index in [9.17, 15) is 5.11 Å². The lowest BCUT2D eigenvalue weighted by molar-refractivity contribution is -0.00531. The number of hydrogen-bond acceptors (Lipinski definition) is 3. The van der Waals surface area contributed by atoms with Gasteiger partial charge in [0.25, 0.3) is 0 Å². The van der Waals surface area contributed by atoms with E-state index in [4.69, 9.17) is 16.3 Å². The number of morpholine rings is 1. The summed E-state index contributed by atoms with van der Waals surface area (Å²) in [6, 6.07) is 5.73. The van der Waals surface area contributed by atoms with Gasteiger partial charge in [0, 0.05) is 29.4 Å².